The lowest BCUT2D eigenvalue weighted by Crippen LogP contribution is -2.33. The van der Waals surface area contributed by atoms with E-state index >= 15 is 0 Å². The number of thiazole rings is 1. The standard InChI is InChI=1S/C20H14N2O4S/c23-18(10-9-17-21-15-7-3-4-8-16(15)27-17)26-12-11-22-19(24)13-5-1-2-6-14(13)20(22)25/h1-10H,11-12H2. The molecule has 0 bridgehead atoms. The fourth-order valence-electron chi connectivity index (χ4n) is 2.83. The van der Waals surface area contributed by atoms with Crippen LogP contribution >= 0.6 is 11.3 Å². The Hall–Kier alpha value is -3.32. The van der Waals surface area contributed by atoms with Crippen molar-refractivity contribution < 1.29 is 19.1 Å². The van der Waals surface area contributed by atoms with E-state index in [9.17, 15) is 14.4 Å². The highest BCUT2D eigenvalue weighted by molar-refractivity contribution is 7.19. The van der Waals surface area contributed by atoms with Crippen LogP contribution in [0.4, 0.5) is 0 Å². The third kappa shape index (κ3) is 3.37. The van der Waals surface area contributed by atoms with Gasteiger partial charge < -0.3 is 4.74 Å². The first-order valence-corrected chi connectivity index (χ1v) is 9.11. The van der Waals surface area contributed by atoms with Crippen LogP contribution in [-0.2, 0) is 9.53 Å². The smallest absolute Gasteiger partial charge is 0.330 e. The number of hydrogen-bond acceptors (Lipinski definition) is 6. The Morgan fingerprint density at radius 2 is 1.70 bits per heavy atom. The summed E-state index contributed by atoms with van der Waals surface area (Å²) in [4.78, 5) is 41.8. The molecule has 27 heavy (non-hydrogen) atoms. The molecule has 6 nitrogen and oxygen atoms in total. The predicted molar refractivity (Wildman–Crippen MR) is 101 cm³/mol. The Morgan fingerprint density at radius 1 is 1.04 bits per heavy atom. The van der Waals surface area contributed by atoms with Gasteiger partial charge in [0.25, 0.3) is 11.8 Å². The topological polar surface area (TPSA) is 76.6 Å². The second-order valence-corrected chi connectivity index (χ2v) is 6.89. The van der Waals surface area contributed by atoms with Gasteiger partial charge in [0.05, 0.1) is 27.9 Å². The summed E-state index contributed by atoms with van der Waals surface area (Å²) in [5, 5.41) is 0.702. The van der Waals surface area contributed by atoms with E-state index in [1.54, 1.807) is 30.3 Å². The van der Waals surface area contributed by atoms with Crippen LogP contribution in [0.5, 0.6) is 0 Å². The molecule has 0 atom stereocenters. The molecule has 7 heteroatoms. The Balaban J connectivity index is 1.32. The van der Waals surface area contributed by atoms with Gasteiger partial charge in [0.15, 0.2) is 0 Å². The molecule has 2 amide bonds. The van der Waals surface area contributed by atoms with Crippen LogP contribution in [0.3, 0.4) is 0 Å². The van der Waals surface area contributed by atoms with E-state index < -0.39 is 5.97 Å². The van der Waals surface area contributed by atoms with Crippen molar-refractivity contribution in [1.82, 2.24) is 9.88 Å². The lowest BCUT2D eigenvalue weighted by Gasteiger charge is -2.13. The number of amides is 2. The third-order valence-corrected chi connectivity index (χ3v) is 5.11. The number of rotatable bonds is 5. The van der Waals surface area contributed by atoms with E-state index in [0.29, 0.717) is 16.1 Å². The number of fused-ring (bicyclic) bond motifs is 2. The molecule has 0 unspecified atom stereocenters. The molecule has 1 aliphatic heterocycles. The Morgan fingerprint density at radius 3 is 2.41 bits per heavy atom. The van der Waals surface area contributed by atoms with Crippen LogP contribution in [0.1, 0.15) is 25.7 Å². The van der Waals surface area contributed by atoms with Gasteiger partial charge in [-0.1, -0.05) is 24.3 Å². The van der Waals surface area contributed by atoms with Crippen LogP contribution < -0.4 is 0 Å². The second-order valence-electron chi connectivity index (χ2n) is 5.83. The Kier molecular flexibility index (Phi) is 4.52. The second kappa shape index (κ2) is 7.13. The van der Waals surface area contributed by atoms with Crippen molar-refractivity contribution in [3.05, 3.63) is 70.7 Å². The summed E-state index contributed by atoms with van der Waals surface area (Å²) >= 11 is 1.47. The molecule has 1 aromatic heterocycles. The van der Waals surface area contributed by atoms with Gasteiger partial charge in [-0.15, -0.1) is 11.3 Å². The number of hydrogen-bond donors (Lipinski definition) is 0. The van der Waals surface area contributed by atoms with Crippen molar-refractivity contribution >= 4 is 45.4 Å². The quantitative estimate of drug-likeness (QED) is 0.387. The number of imide groups is 1. The molecule has 0 spiro atoms. The summed E-state index contributed by atoms with van der Waals surface area (Å²) in [5.74, 6) is -1.28. The molecule has 0 saturated carbocycles. The van der Waals surface area contributed by atoms with Gasteiger partial charge in [0.1, 0.15) is 11.6 Å². The molecule has 2 aromatic carbocycles. The minimum atomic E-state index is -0.550. The average Bonchev–Trinajstić information content (AvgIpc) is 3.21. The molecule has 0 aliphatic carbocycles. The van der Waals surface area contributed by atoms with Gasteiger partial charge in [0, 0.05) is 6.08 Å². The van der Waals surface area contributed by atoms with Crippen LogP contribution in [-0.4, -0.2) is 40.8 Å². The highest BCUT2D eigenvalue weighted by Crippen LogP contribution is 2.23. The summed E-state index contributed by atoms with van der Waals surface area (Å²) in [6, 6.07) is 14.4. The lowest BCUT2D eigenvalue weighted by molar-refractivity contribution is -0.137. The van der Waals surface area contributed by atoms with Crippen molar-refractivity contribution in [2.45, 2.75) is 0 Å². The molecule has 0 radical (unpaired) electrons. The van der Waals surface area contributed by atoms with E-state index in [2.05, 4.69) is 4.98 Å². The number of benzene rings is 2. The molecule has 0 fully saturated rings. The molecule has 0 N–H and O–H groups in total. The number of nitrogens with zero attached hydrogens (tertiary/aromatic N) is 2. The van der Waals surface area contributed by atoms with E-state index in [1.807, 2.05) is 24.3 Å². The number of aromatic nitrogens is 1. The molecule has 0 saturated heterocycles. The van der Waals surface area contributed by atoms with Gasteiger partial charge in [-0.05, 0) is 30.3 Å². The van der Waals surface area contributed by atoms with E-state index in [-0.39, 0.29) is 25.0 Å². The minimum absolute atomic E-state index is 0.0209. The Labute approximate surface area is 158 Å². The molecule has 1 aliphatic rings. The fourth-order valence-corrected chi connectivity index (χ4v) is 3.70. The molecule has 2 heterocycles. The van der Waals surface area contributed by atoms with Crippen molar-refractivity contribution in [2.24, 2.45) is 0 Å². The highest BCUT2D eigenvalue weighted by atomic mass is 32.1. The van der Waals surface area contributed by atoms with Gasteiger partial charge in [-0.3, -0.25) is 14.5 Å². The zero-order valence-corrected chi connectivity index (χ0v) is 14.9. The van der Waals surface area contributed by atoms with Gasteiger partial charge >= 0.3 is 5.97 Å². The maximum absolute atomic E-state index is 12.2. The zero-order chi connectivity index (χ0) is 18.8. The summed E-state index contributed by atoms with van der Waals surface area (Å²) in [6.07, 6.45) is 2.88. The first kappa shape index (κ1) is 17.1. The van der Waals surface area contributed by atoms with Crippen molar-refractivity contribution in [2.75, 3.05) is 13.2 Å². The number of para-hydroxylation sites is 1. The van der Waals surface area contributed by atoms with E-state index in [4.69, 9.17) is 4.74 Å². The molecule has 134 valence electrons. The molecule has 4 rings (SSSR count). The largest absolute Gasteiger partial charge is 0.461 e. The molecular formula is C20H14N2O4S. The van der Waals surface area contributed by atoms with Crippen LogP contribution in [0.2, 0.25) is 0 Å². The molecule has 3 aromatic rings. The first-order chi connectivity index (χ1) is 13.1. The summed E-state index contributed by atoms with van der Waals surface area (Å²) in [5.41, 5.74) is 1.63. The lowest BCUT2D eigenvalue weighted by atomic mass is 10.1. The van der Waals surface area contributed by atoms with Crippen LogP contribution in [0, 0.1) is 0 Å². The van der Waals surface area contributed by atoms with E-state index in [0.717, 1.165) is 15.1 Å². The van der Waals surface area contributed by atoms with Crippen molar-refractivity contribution in [1.29, 1.82) is 0 Å². The number of carbonyl (C=O) groups is 3. The van der Waals surface area contributed by atoms with Crippen molar-refractivity contribution in [3.8, 4) is 0 Å². The number of ether oxygens (including phenoxy) is 1. The minimum Gasteiger partial charge on any atom is -0.461 e. The van der Waals surface area contributed by atoms with Gasteiger partial charge in [-0.25, -0.2) is 9.78 Å². The summed E-state index contributed by atoms with van der Waals surface area (Å²) in [7, 11) is 0. The number of carbonyl (C=O) groups excluding carboxylic acids is 3. The average molecular weight is 378 g/mol. The zero-order valence-electron chi connectivity index (χ0n) is 14.1. The predicted octanol–water partition coefficient (Wildman–Crippen LogP) is 3.15. The third-order valence-electron chi connectivity index (χ3n) is 4.11. The normalized spacial score (nSPS) is 13.6. The maximum Gasteiger partial charge on any atom is 0.330 e. The van der Waals surface area contributed by atoms with Gasteiger partial charge in [0.2, 0.25) is 0 Å². The molecular weight excluding hydrogens is 364 g/mol. The first-order valence-electron chi connectivity index (χ1n) is 8.29. The van der Waals surface area contributed by atoms with E-state index in [1.165, 1.54) is 17.4 Å². The monoisotopic (exact) mass is 378 g/mol. The van der Waals surface area contributed by atoms with Crippen LogP contribution in [0.25, 0.3) is 16.3 Å². The fraction of sp³-hybridized carbons (Fsp3) is 0.100. The Bertz CT molecular complexity index is 1020. The summed E-state index contributed by atoms with van der Waals surface area (Å²) in [6.45, 7) is -0.0401. The highest BCUT2D eigenvalue weighted by Gasteiger charge is 2.34. The SMILES string of the molecule is O=C(C=Cc1nc2ccccc2s1)OCCN1C(=O)c2ccccc2C1=O. The van der Waals surface area contributed by atoms with Crippen LogP contribution in [0.15, 0.2) is 54.6 Å². The van der Waals surface area contributed by atoms with Gasteiger partial charge in [-0.2, -0.15) is 0 Å². The number of esters is 1. The summed E-state index contributed by atoms with van der Waals surface area (Å²) < 4.78 is 6.14. The van der Waals surface area contributed by atoms with Crippen molar-refractivity contribution in [3.63, 3.8) is 0 Å². The maximum atomic E-state index is 12.2.